The van der Waals surface area contributed by atoms with Gasteiger partial charge >= 0.3 is 0 Å². The largest absolute Gasteiger partial charge is 0.370 e. The summed E-state index contributed by atoms with van der Waals surface area (Å²) in [5.41, 5.74) is 10.4. The predicted molar refractivity (Wildman–Crippen MR) is 70.7 cm³/mol. The van der Waals surface area contributed by atoms with Crippen LogP contribution >= 0.6 is 0 Å². The minimum absolute atomic E-state index is 0.0585. The molecule has 0 amide bonds. The fourth-order valence-electron chi connectivity index (χ4n) is 1.97. The summed E-state index contributed by atoms with van der Waals surface area (Å²) in [6, 6.07) is 0. The first-order valence-corrected chi connectivity index (χ1v) is 7.53. The van der Waals surface area contributed by atoms with E-state index in [4.69, 9.17) is 11.5 Å². The molecule has 9 heteroatoms. The van der Waals surface area contributed by atoms with Gasteiger partial charge in [-0.25, -0.2) is 18.4 Å². The Hall–Kier alpha value is -1.61. The SMILES string of the molecule is NC(N)=NCc1ncc(S(=O)(=O)N2CCCCC2)[nH]1. The van der Waals surface area contributed by atoms with E-state index in [-0.39, 0.29) is 17.5 Å². The van der Waals surface area contributed by atoms with E-state index in [0.29, 0.717) is 18.9 Å². The Labute approximate surface area is 112 Å². The molecule has 19 heavy (non-hydrogen) atoms. The molecule has 0 radical (unpaired) electrons. The van der Waals surface area contributed by atoms with Gasteiger partial charge < -0.3 is 16.5 Å². The third kappa shape index (κ3) is 3.24. The third-order valence-electron chi connectivity index (χ3n) is 2.95. The number of piperidine rings is 1. The van der Waals surface area contributed by atoms with Crippen LogP contribution < -0.4 is 11.5 Å². The average Bonchev–Trinajstić information content (AvgIpc) is 2.87. The van der Waals surface area contributed by atoms with Gasteiger partial charge in [0, 0.05) is 13.1 Å². The Morgan fingerprint density at radius 1 is 1.37 bits per heavy atom. The fourth-order valence-corrected chi connectivity index (χ4v) is 3.42. The van der Waals surface area contributed by atoms with E-state index in [1.807, 2.05) is 0 Å². The maximum Gasteiger partial charge on any atom is 0.260 e. The van der Waals surface area contributed by atoms with Gasteiger partial charge in [0.25, 0.3) is 10.0 Å². The van der Waals surface area contributed by atoms with Gasteiger partial charge in [-0.2, -0.15) is 4.31 Å². The maximum atomic E-state index is 12.3. The van der Waals surface area contributed by atoms with Crippen molar-refractivity contribution in [3.05, 3.63) is 12.0 Å². The van der Waals surface area contributed by atoms with Crippen LogP contribution in [-0.4, -0.2) is 41.7 Å². The number of H-pyrrole nitrogens is 1. The van der Waals surface area contributed by atoms with Crippen LogP contribution in [0.15, 0.2) is 16.2 Å². The van der Waals surface area contributed by atoms with Gasteiger partial charge in [0.05, 0.1) is 6.20 Å². The Morgan fingerprint density at radius 3 is 2.68 bits per heavy atom. The first kappa shape index (κ1) is 13.8. The van der Waals surface area contributed by atoms with Crippen LogP contribution in [0.2, 0.25) is 0 Å². The second-order valence-corrected chi connectivity index (χ2v) is 6.31. The normalized spacial score (nSPS) is 17.3. The van der Waals surface area contributed by atoms with Crippen molar-refractivity contribution in [3.63, 3.8) is 0 Å². The van der Waals surface area contributed by atoms with E-state index in [1.54, 1.807) is 0 Å². The molecule has 1 aromatic heterocycles. The van der Waals surface area contributed by atoms with Gasteiger partial charge in [-0.1, -0.05) is 6.42 Å². The van der Waals surface area contributed by atoms with Crippen molar-refractivity contribution < 1.29 is 8.42 Å². The van der Waals surface area contributed by atoms with Crippen molar-refractivity contribution in [2.45, 2.75) is 30.8 Å². The van der Waals surface area contributed by atoms with Crippen LogP contribution in [0.4, 0.5) is 0 Å². The monoisotopic (exact) mass is 286 g/mol. The zero-order valence-corrected chi connectivity index (χ0v) is 11.4. The number of nitrogens with one attached hydrogen (secondary N) is 1. The maximum absolute atomic E-state index is 12.3. The lowest BCUT2D eigenvalue weighted by Gasteiger charge is -2.24. The Kier molecular flexibility index (Phi) is 4.05. The van der Waals surface area contributed by atoms with Gasteiger partial charge in [0.1, 0.15) is 12.4 Å². The van der Waals surface area contributed by atoms with Gasteiger partial charge in [-0.05, 0) is 12.8 Å². The van der Waals surface area contributed by atoms with Crippen LogP contribution in [0.3, 0.4) is 0 Å². The van der Waals surface area contributed by atoms with Crippen molar-refractivity contribution >= 4 is 16.0 Å². The highest BCUT2D eigenvalue weighted by Crippen LogP contribution is 2.19. The summed E-state index contributed by atoms with van der Waals surface area (Å²) in [7, 11) is -3.48. The molecule has 2 rings (SSSR count). The average molecular weight is 286 g/mol. The Morgan fingerprint density at radius 2 is 2.05 bits per heavy atom. The molecule has 0 unspecified atom stereocenters. The molecule has 1 aromatic rings. The van der Waals surface area contributed by atoms with E-state index in [2.05, 4.69) is 15.0 Å². The smallest absolute Gasteiger partial charge is 0.260 e. The quantitative estimate of drug-likeness (QED) is 0.500. The molecule has 1 fully saturated rings. The van der Waals surface area contributed by atoms with Crippen LogP contribution in [0, 0.1) is 0 Å². The van der Waals surface area contributed by atoms with E-state index in [0.717, 1.165) is 19.3 Å². The molecule has 2 heterocycles. The summed E-state index contributed by atoms with van der Waals surface area (Å²) in [5.74, 6) is 0.362. The van der Waals surface area contributed by atoms with Crippen LogP contribution in [-0.2, 0) is 16.6 Å². The second kappa shape index (κ2) is 5.57. The molecule has 1 aliphatic heterocycles. The molecule has 0 aliphatic carbocycles. The molecule has 5 N–H and O–H groups in total. The standard InChI is InChI=1S/C10H18N6O2S/c11-10(12)14-6-8-13-7-9(15-8)19(17,18)16-4-2-1-3-5-16/h7H,1-6H2,(H,13,15)(H4,11,12,14). The number of hydrogen-bond acceptors (Lipinski definition) is 4. The molecule has 0 bridgehead atoms. The van der Waals surface area contributed by atoms with Gasteiger partial charge in [-0.3, -0.25) is 0 Å². The number of guanidine groups is 1. The van der Waals surface area contributed by atoms with Gasteiger partial charge in [0.2, 0.25) is 0 Å². The van der Waals surface area contributed by atoms with Crippen molar-refractivity contribution in [2.75, 3.05) is 13.1 Å². The molecule has 8 nitrogen and oxygen atoms in total. The minimum atomic E-state index is -3.48. The number of nitrogens with two attached hydrogens (primary N) is 2. The molecule has 1 saturated heterocycles. The Balaban J connectivity index is 2.14. The number of aromatic amines is 1. The van der Waals surface area contributed by atoms with E-state index < -0.39 is 10.0 Å². The summed E-state index contributed by atoms with van der Waals surface area (Å²) >= 11 is 0. The zero-order chi connectivity index (χ0) is 13.9. The summed E-state index contributed by atoms with van der Waals surface area (Å²) in [5, 5.41) is 0.0928. The number of aliphatic imine (C=N–C) groups is 1. The summed E-state index contributed by atoms with van der Waals surface area (Å²) in [4.78, 5) is 10.5. The number of aromatic nitrogens is 2. The summed E-state index contributed by atoms with van der Waals surface area (Å²) in [6.45, 7) is 1.26. The van der Waals surface area contributed by atoms with Crippen molar-refractivity contribution in [3.8, 4) is 0 Å². The highest BCUT2D eigenvalue weighted by molar-refractivity contribution is 7.89. The first-order valence-electron chi connectivity index (χ1n) is 6.09. The topological polar surface area (TPSA) is 130 Å². The second-order valence-electron chi connectivity index (χ2n) is 4.40. The van der Waals surface area contributed by atoms with Crippen LogP contribution in [0.1, 0.15) is 25.1 Å². The number of nitrogens with zero attached hydrogens (tertiary/aromatic N) is 3. The van der Waals surface area contributed by atoms with Crippen molar-refractivity contribution in [2.24, 2.45) is 16.5 Å². The lowest BCUT2D eigenvalue weighted by Crippen LogP contribution is -2.35. The number of imidazole rings is 1. The van der Waals surface area contributed by atoms with E-state index in [1.165, 1.54) is 10.5 Å². The number of hydrogen-bond donors (Lipinski definition) is 3. The fraction of sp³-hybridized carbons (Fsp3) is 0.600. The predicted octanol–water partition coefficient (Wildman–Crippen LogP) is -0.642. The van der Waals surface area contributed by atoms with E-state index in [9.17, 15) is 8.42 Å². The lowest BCUT2D eigenvalue weighted by molar-refractivity contribution is 0.345. The van der Waals surface area contributed by atoms with Crippen LogP contribution in [0.5, 0.6) is 0 Å². The van der Waals surface area contributed by atoms with Gasteiger partial charge in [0.15, 0.2) is 11.0 Å². The van der Waals surface area contributed by atoms with Crippen molar-refractivity contribution in [1.29, 1.82) is 0 Å². The molecule has 0 spiro atoms. The molecule has 1 aliphatic rings. The summed E-state index contributed by atoms with van der Waals surface area (Å²) < 4.78 is 26.1. The van der Waals surface area contributed by atoms with Crippen molar-refractivity contribution in [1.82, 2.24) is 14.3 Å². The molecule has 0 aromatic carbocycles. The lowest BCUT2D eigenvalue weighted by atomic mass is 10.2. The highest BCUT2D eigenvalue weighted by Gasteiger charge is 2.27. The molecule has 0 saturated carbocycles. The van der Waals surface area contributed by atoms with Gasteiger partial charge in [-0.15, -0.1) is 0 Å². The number of rotatable bonds is 4. The molecule has 0 atom stereocenters. The molecular formula is C10H18N6O2S. The van der Waals surface area contributed by atoms with E-state index >= 15 is 0 Å². The Bertz CT molecular complexity index is 554. The molecular weight excluding hydrogens is 268 g/mol. The number of sulfonamides is 1. The summed E-state index contributed by atoms with van der Waals surface area (Å²) in [6.07, 6.45) is 4.18. The van der Waals surface area contributed by atoms with Crippen LogP contribution in [0.25, 0.3) is 0 Å². The highest BCUT2D eigenvalue weighted by atomic mass is 32.2. The zero-order valence-electron chi connectivity index (χ0n) is 10.5. The minimum Gasteiger partial charge on any atom is -0.370 e. The third-order valence-corrected chi connectivity index (χ3v) is 4.76. The first-order chi connectivity index (χ1) is 9.00. The molecule has 106 valence electrons.